The van der Waals surface area contributed by atoms with E-state index in [-0.39, 0.29) is 5.91 Å². The molecule has 2 aromatic heterocycles. The number of nitrogens with one attached hydrogen (secondary N) is 2. The predicted molar refractivity (Wildman–Crippen MR) is 96.1 cm³/mol. The van der Waals surface area contributed by atoms with E-state index in [4.69, 9.17) is 0 Å². The Balaban J connectivity index is 1.56. The number of benzene rings is 1. The first-order valence-electron chi connectivity index (χ1n) is 7.52. The third-order valence-electron chi connectivity index (χ3n) is 3.55. The molecule has 0 saturated heterocycles. The van der Waals surface area contributed by atoms with Crippen molar-refractivity contribution in [3.63, 3.8) is 0 Å². The summed E-state index contributed by atoms with van der Waals surface area (Å²) in [5, 5.41) is 18.4. The Kier molecular flexibility index (Phi) is 4.75. The number of anilines is 2. The quantitative estimate of drug-likeness (QED) is 0.701. The highest BCUT2D eigenvalue weighted by Gasteiger charge is 2.07. The summed E-state index contributed by atoms with van der Waals surface area (Å²) < 4.78 is 2.59. The molecule has 0 atom stereocenters. The van der Waals surface area contributed by atoms with E-state index in [0.717, 1.165) is 21.5 Å². The monoisotopic (exact) mass is 388 g/mol. The number of aromatic nitrogens is 4. The maximum atomic E-state index is 12.1. The average Bonchev–Trinajstić information content (AvgIpc) is 2.92. The van der Waals surface area contributed by atoms with Gasteiger partial charge in [0.15, 0.2) is 11.5 Å². The van der Waals surface area contributed by atoms with Crippen LogP contribution in [0.4, 0.5) is 11.5 Å². The highest BCUT2D eigenvalue weighted by molar-refractivity contribution is 9.10. The minimum Gasteiger partial charge on any atom is -0.368 e. The summed E-state index contributed by atoms with van der Waals surface area (Å²) >= 11 is 3.41. The fourth-order valence-corrected chi connectivity index (χ4v) is 2.60. The van der Waals surface area contributed by atoms with Gasteiger partial charge >= 0.3 is 0 Å². The van der Waals surface area contributed by atoms with Gasteiger partial charge in [-0.1, -0.05) is 22.0 Å². The first-order valence-corrected chi connectivity index (χ1v) is 8.31. The minimum atomic E-state index is -0.0507. The number of hydrogen-bond donors (Lipinski definition) is 2. The second kappa shape index (κ2) is 6.96. The molecule has 0 aliphatic rings. The van der Waals surface area contributed by atoms with Crippen LogP contribution in [0.5, 0.6) is 0 Å². The lowest BCUT2D eigenvalue weighted by Gasteiger charge is -2.10. The number of carbonyl (C=O) groups excluding carboxylic acids is 1. The van der Waals surface area contributed by atoms with Crippen LogP contribution in [0.25, 0.3) is 5.65 Å². The second-order valence-corrected chi connectivity index (χ2v) is 6.34. The summed E-state index contributed by atoms with van der Waals surface area (Å²) in [4.78, 5) is 12.1. The van der Waals surface area contributed by atoms with E-state index in [1.807, 2.05) is 44.2 Å². The molecule has 3 aromatic rings. The topological polar surface area (TPSA) is 84.2 Å². The number of halogens is 1. The molecule has 2 heterocycles. The van der Waals surface area contributed by atoms with Crippen molar-refractivity contribution in [1.82, 2.24) is 19.8 Å². The largest absolute Gasteiger partial charge is 0.368 e. The summed E-state index contributed by atoms with van der Waals surface area (Å²) in [5.74, 6) is 1.35. The summed E-state index contributed by atoms with van der Waals surface area (Å²) in [6, 6.07) is 9.45. The summed E-state index contributed by atoms with van der Waals surface area (Å²) in [7, 11) is 0. The molecule has 0 saturated carbocycles. The molecule has 0 aliphatic carbocycles. The number of amides is 1. The van der Waals surface area contributed by atoms with Crippen LogP contribution in [0.15, 0.2) is 34.8 Å². The summed E-state index contributed by atoms with van der Waals surface area (Å²) in [5.41, 5.74) is 2.53. The van der Waals surface area contributed by atoms with Crippen LogP contribution in [0.1, 0.15) is 17.8 Å². The Bertz CT molecular complexity index is 891. The zero-order valence-electron chi connectivity index (χ0n) is 13.4. The van der Waals surface area contributed by atoms with Crippen LogP contribution >= 0.6 is 15.9 Å². The number of nitrogens with zero attached hydrogens (tertiary/aromatic N) is 4. The lowest BCUT2D eigenvalue weighted by atomic mass is 10.2. The van der Waals surface area contributed by atoms with Crippen molar-refractivity contribution >= 4 is 39.0 Å². The van der Waals surface area contributed by atoms with Gasteiger partial charge in [0.25, 0.3) is 0 Å². The van der Waals surface area contributed by atoms with Gasteiger partial charge in [-0.2, -0.15) is 4.52 Å². The molecule has 124 valence electrons. The van der Waals surface area contributed by atoms with Gasteiger partial charge in [0.05, 0.1) is 0 Å². The van der Waals surface area contributed by atoms with Crippen LogP contribution in [-0.4, -0.2) is 32.3 Å². The van der Waals surface area contributed by atoms with Crippen molar-refractivity contribution in [1.29, 1.82) is 0 Å². The van der Waals surface area contributed by atoms with Crippen LogP contribution in [0, 0.1) is 13.8 Å². The van der Waals surface area contributed by atoms with E-state index in [9.17, 15) is 4.79 Å². The van der Waals surface area contributed by atoms with Gasteiger partial charge in [0, 0.05) is 23.1 Å². The van der Waals surface area contributed by atoms with Crippen molar-refractivity contribution in [3.8, 4) is 0 Å². The van der Waals surface area contributed by atoms with Crippen molar-refractivity contribution in [2.75, 3.05) is 17.2 Å². The van der Waals surface area contributed by atoms with Crippen molar-refractivity contribution in [2.45, 2.75) is 20.3 Å². The molecular weight excluding hydrogens is 372 g/mol. The maximum absolute atomic E-state index is 12.1. The van der Waals surface area contributed by atoms with Crippen LogP contribution in [0.2, 0.25) is 0 Å². The molecule has 0 fully saturated rings. The zero-order valence-corrected chi connectivity index (χ0v) is 15.0. The second-order valence-electron chi connectivity index (χ2n) is 5.42. The fourth-order valence-electron chi connectivity index (χ4n) is 2.24. The molecule has 3 rings (SSSR count). The normalized spacial score (nSPS) is 10.8. The van der Waals surface area contributed by atoms with Gasteiger partial charge in [-0.3, -0.25) is 4.79 Å². The Morgan fingerprint density at radius 2 is 2.04 bits per heavy atom. The molecule has 7 nitrogen and oxygen atoms in total. The van der Waals surface area contributed by atoms with Gasteiger partial charge in [0.1, 0.15) is 5.82 Å². The highest BCUT2D eigenvalue weighted by Crippen LogP contribution is 2.20. The smallest absolute Gasteiger partial charge is 0.226 e. The minimum absolute atomic E-state index is 0.0507. The lowest BCUT2D eigenvalue weighted by Crippen LogP contribution is -2.17. The van der Waals surface area contributed by atoms with Crippen molar-refractivity contribution in [3.05, 3.63) is 46.2 Å². The SMILES string of the molecule is Cc1ccc(Br)cc1NC(=O)CCNc1ccc2nnc(C)n2n1. The van der Waals surface area contributed by atoms with Crippen molar-refractivity contribution < 1.29 is 4.79 Å². The van der Waals surface area contributed by atoms with Gasteiger partial charge < -0.3 is 10.6 Å². The molecular formula is C16H17BrN6O. The molecule has 2 N–H and O–H groups in total. The Labute approximate surface area is 147 Å². The third-order valence-corrected chi connectivity index (χ3v) is 4.04. The maximum Gasteiger partial charge on any atom is 0.226 e. The zero-order chi connectivity index (χ0) is 17.1. The Hall–Kier alpha value is -2.48. The number of hydrogen-bond acceptors (Lipinski definition) is 5. The summed E-state index contributed by atoms with van der Waals surface area (Å²) in [6.45, 7) is 4.28. The third kappa shape index (κ3) is 3.70. The predicted octanol–water partition coefficient (Wildman–Crippen LogP) is 2.94. The standard InChI is InChI=1S/C16H17BrN6O/c1-10-3-4-12(17)9-13(10)19-16(24)7-8-18-14-5-6-15-21-20-11(2)23(15)22-14/h3-6,9H,7-8H2,1-2H3,(H,18,22)(H,19,24). The first-order chi connectivity index (χ1) is 11.5. The molecule has 1 amide bonds. The van der Waals surface area contributed by atoms with Gasteiger partial charge in [-0.15, -0.1) is 15.3 Å². The summed E-state index contributed by atoms with van der Waals surface area (Å²) in [6.07, 6.45) is 0.340. The molecule has 0 radical (unpaired) electrons. The molecule has 0 unspecified atom stereocenters. The van der Waals surface area contributed by atoms with Crippen LogP contribution in [0.3, 0.4) is 0 Å². The fraction of sp³-hybridized carbons (Fsp3) is 0.250. The first kappa shape index (κ1) is 16.4. The van der Waals surface area contributed by atoms with Gasteiger partial charge in [-0.05, 0) is 43.7 Å². The molecule has 0 spiro atoms. The van der Waals surface area contributed by atoms with E-state index in [1.54, 1.807) is 4.52 Å². The van der Waals surface area contributed by atoms with Crippen LogP contribution < -0.4 is 10.6 Å². The molecule has 24 heavy (non-hydrogen) atoms. The Morgan fingerprint density at radius 3 is 2.88 bits per heavy atom. The van der Waals surface area contributed by atoms with Gasteiger partial charge in [0.2, 0.25) is 5.91 Å². The van der Waals surface area contributed by atoms with Crippen molar-refractivity contribution in [2.24, 2.45) is 0 Å². The van der Waals surface area contributed by atoms with E-state index in [0.29, 0.717) is 24.4 Å². The van der Waals surface area contributed by atoms with E-state index in [1.165, 1.54) is 0 Å². The lowest BCUT2D eigenvalue weighted by molar-refractivity contribution is -0.115. The number of fused-ring (bicyclic) bond motifs is 1. The Morgan fingerprint density at radius 1 is 1.21 bits per heavy atom. The molecule has 1 aromatic carbocycles. The molecule has 0 aliphatic heterocycles. The molecule has 8 heteroatoms. The van der Waals surface area contributed by atoms with E-state index in [2.05, 4.69) is 41.9 Å². The molecule has 0 bridgehead atoms. The number of aryl methyl sites for hydroxylation is 2. The average molecular weight is 389 g/mol. The number of rotatable bonds is 5. The van der Waals surface area contributed by atoms with Crippen LogP contribution in [-0.2, 0) is 4.79 Å². The van der Waals surface area contributed by atoms with E-state index < -0.39 is 0 Å². The van der Waals surface area contributed by atoms with E-state index >= 15 is 0 Å². The highest BCUT2D eigenvalue weighted by atomic mass is 79.9. The number of carbonyl (C=O) groups is 1. The van der Waals surface area contributed by atoms with Gasteiger partial charge in [-0.25, -0.2) is 0 Å².